The predicted octanol–water partition coefficient (Wildman–Crippen LogP) is 1.79. The van der Waals surface area contributed by atoms with Crippen molar-refractivity contribution in [2.75, 3.05) is 5.23 Å². The molecule has 0 saturated carbocycles. The first kappa shape index (κ1) is 20.6. The first-order valence-corrected chi connectivity index (χ1v) is 11.0. The molecule has 0 aliphatic carbocycles. The molecule has 2 aromatic rings. The Bertz CT molecular complexity index is 1110. The summed E-state index contributed by atoms with van der Waals surface area (Å²) in [7, 11) is -9.04. The van der Waals surface area contributed by atoms with E-state index >= 15 is 0 Å². The van der Waals surface area contributed by atoms with E-state index in [-0.39, 0.29) is 12.0 Å². The van der Waals surface area contributed by atoms with Gasteiger partial charge in [0.1, 0.15) is 4.90 Å². The van der Waals surface area contributed by atoms with E-state index in [9.17, 15) is 30.0 Å². The fraction of sp³-hybridized carbons (Fsp3) is 0.200. The number of nitrogens with two attached hydrogens (primary N) is 1. The van der Waals surface area contributed by atoms with E-state index in [4.69, 9.17) is 5.14 Å². The van der Waals surface area contributed by atoms with Gasteiger partial charge in [0.25, 0.3) is 0 Å². The third-order valence-electron chi connectivity index (χ3n) is 4.17. The van der Waals surface area contributed by atoms with Crippen molar-refractivity contribution in [1.29, 1.82) is 0 Å². The first-order valence-electron chi connectivity index (χ1n) is 7.99. The summed E-state index contributed by atoms with van der Waals surface area (Å²) < 4.78 is 90.2. The lowest BCUT2D eigenvalue weighted by Crippen LogP contribution is -2.49. The summed E-state index contributed by atoms with van der Waals surface area (Å²) in [6, 6.07) is 10.0. The number of anilines is 1. The summed E-state index contributed by atoms with van der Waals surface area (Å²) in [5, 5.41) is 7.54. The minimum atomic E-state index is -5.04. The van der Waals surface area contributed by atoms with E-state index in [0.29, 0.717) is 18.6 Å². The second kappa shape index (κ2) is 7.06. The zero-order valence-electron chi connectivity index (χ0n) is 14.2. The van der Waals surface area contributed by atoms with Crippen molar-refractivity contribution in [3.63, 3.8) is 0 Å². The van der Waals surface area contributed by atoms with E-state index in [1.807, 2.05) is 30.3 Å². The van der Waals surface area contributed by atoms with Crippen LogP contribution in [0, 0.1) is 0 Å². The second-order valence-electron chi connectivity index (χ2n) is 6.23. The van der Waals surface area contributed by atoms with Crippen molar-refractivity contribution < 1.29 is 30.0 Å². The molecule has 1 aliphatic heterocycles. The van der Waals surface area contributed by atoms with Crippen molar-refractivity contribution in [1.82, 2.24) is 4.63 Å². The normalized spacial score (nSPS) is 16.4. The van der Waals surface area contributed by atoms with Gasteiger partial charge in [-0.15, -0.1) is 0 Å². The van der Waals surface area contributed by atoms with Gasteiger partial charge in [0.2, 0.25) is 20.0 Å². The molecule has 0 atom stereocenters. The quantitative estimate of drug-likeness (QED) is 0.636. The number of primary sulfonamides is 1. The molecule has 4 N–H and O–H groups in total. The molecule has 0 bridgehead atoms. The molecule has 13 heteroatoms. The summed E-state index contributed by atoms with van der Waals surface area (Å²) in [6.07, 6.45) is -4.30. The molecule has 0 saturated heterocycles. The van der Waals surface area contributed by atoms with Crippen LogP contribution in [0.2, 0.25) is 6.32 Å². The van der Waals surface area contributed by atoms with Crippen LogP contribution in [0.1, 0.15) is 11.1 Å². The fourth-order valence-electron chi connectivity index (χ4n) is 2.91. The van der Waals surface area contributed by atoms with Gasteiger partial charge < -0.3 is 5.23 Å². The number of benzene rings is 2. The van der Waals surface area contributed by atoms with E-state index < -0.39 is 48.6 Å². The zero-order valence-corrected chi connectivity index (χ0v) is 15.8. The highest BCUT2D eigenvalue weighted by atomic mass is 32.2. The Labute approximate surface area is 160 Å². The van der Waals surface area contributed by atoms with Gasteiger partial charge in [-0.25, -0.2) is 26.6 Å². The molecular weight excluding hydrogens is 418 g/mol. The van der Waals surface area contributed by atoms with Crippen LogP contribution in [0.3, 0.4) is 0 Å². The lowest BCUT2D eigenvalue weighted by molar-refractivity contribution is -0.139. The number of halogens is 3. The van der Waals surface area contributed by atoms with Crippen molar-refractivity contribution in [2.24, 2.45) is 5.14 Å². The highest BCUT2D eigenvalue weighted by Gasteiger charge is 2.41. The molecule has 0 spiro atoms. The van der Waals surface area contributed by atoms with Crippen molar-refractivity contribution in [2.45, 2.75) is 28.7 Å². The van der Waals surface area contributed by atoms with Crippen LogP contribution >= 0.6 is 0 Å². The maximum Gasteiger partial charge on any atom is 0.417 e. The van der Waals surface area contributed by atoms with Gasteiger partial charge in [-0.3, -0.25) is 0 Å². The molecule has 28 heavy (non-hydrogen) atoms. The smallest absolute Gasteiger partial charge is 0.413 e. The van der Waals surface area contributed by atoms with Crippen LogP contribution in [0.5, 0.6) is 0 Å². The summed E-state index contributed by atoms with van der Waals surface area (Å²) in [5.41, 5.74) is -0.938. The summed E-state index contributed by atoms with van der Waals surface area (Å²) in [5.74, 6) is 0. The Balaban J connectivity index is 2.00. The molecule has 1 aliphatic rings. The van der Waals surface area contributed by atoms with Gasteiger partial charge in [-0.2, -0.15) is 13.2 Å². The number of hydrogen-bond acceptors (Lipinski definition) is 5. The number of nitrogens with one attached hydrogen (secondary N) is 2. The predicted molar refractivity (Wildman–Crippen MR) is 97.5 cm³/mol. The molecule has 2 aromatic carbocycles. The molecule has 0 unspecified atom stereocenters. The Morgan fingerprint density at radius 2 is 1.75 bits per heavy atom. The van der Waals surface area contributed by atoms with Crippen molar-refractivity contribution >= 4 is 32.7 Å². The molecule has 7 nitrogen and oxygen atoms in total. The molecule has 150 valence electrons. The van der Waals surface area contributed by atoms with Gasteiger partial charge in [0.05, 0.1) is 10.5 Å². The number of alkyl halides is 3. The van der Waals surface area contributed by atoms with Crippen molar-refractivity contribution in [3.05, 3.63) is 53.6 Å². The number of fused-ring (bicyclic) bond motifs is 1. The van der Waals surface area contributed by atoms with Crippen LogP contribution in [0.4, 0.5) is 18.9 Å². The molecule has 0 radical (unpaired) electrons. The average molecular weight is 433 g/mol. The Morgan fingerprint density at radius 3 is 2.32 bits per heavy atom. The minimum Gasteiger partial charge on any atom is -0.413 e. The van der Waals surface area contributed by atoms with Crippen LogP contribution < -0.4 is 15.0 Å². The van der Waals surface area contributed by atoms with Crippen LogP contribution in [-0.4, -0.2) is 23.8 Å². The maximum absolute atomic E-state index is 13.3. The van der Waals surface area contributed by atoms with Gasteiger partial charge in [-0.05, 0) is 30.4 Å². The standard InChI is InChI=1S/C15H15BF3N3O4S2/c17-15(18,19)11-8-12-14(9-13(11)27(20,23)24)28(25,26)22-16(21-12)7-6-10-4-2-1-3-5-10/h1-5,8-9,21-22H,6-7H2,(H2,20,23,24). The topological polar surface area (TPSA) is 118 Å². The SMILES string of the molecule is NS(=O)(=O)c1cc2c(cc1C(F)(F)F)NB(CCc1ccccc1)NS2(=O)=O. The first-order chi connectivity index (χ1) is 12.9. The van der Waals surface area contributed by atoms with E-state index in [2.05, 4.69) is 9.86 Å². The van der Waals surface area contributed by atoms with Gasteiger partial charge >= 0.3 is 13.2 Å². The summed E-state index contributed by atoms with van der Waals surface area (Å²) in [4.78, 5) is -1.91. The summed E-state index contributed by atoms with van der Waals surface area (Å²) in [6.45, 7) is -0.862. The maximum atomic E-state index is 13.3. The third-order valence-corrected chi connectivity index (χ3v) is 6.64. The lowest BCUT2D eigenvalue weighted by atomic mass is 9.71. The van der Waals surface area contributed by atoms with E-state index in [1.54, 1.807) is 0 Å². The molecular formula is C15H15BF3N3O4S2. The Kier molecular flexibility index (Phi) is 5.21. The molecule has 3 rings (SSSR count). The van der Waals surface area contributed by atoms with Gasteiger partial charge in [-0.1, -0.05) is 30.3 Å². The highest BCUT2D eigenvalue weighted by molar-refractivity contribution is 7.91. The van der Waals surface area contributed by atoms with Crippen LogP contribution in [0.25, 0.3) is 0 Å². The number of rotatable bonds is 4. The monoisotopic (exact) mass is 433 g/mol. The van der Waals surface area contributed by atoms with E-state index in [1.165, 1.54) is 0 Å². The van der Waals surface area contributed by atoms with E-state index in [0.717, 1.165) is 5.56 Å². The molecule has 0 aromatic heterocycles. The fourth-order valence-corrected chi connectivity index (χ4v) is 5.10. The molecule has 0 amide bonds. The number of aryl methyl sites for hydroxylation is 1. The third kappa shape index (κ3) is 4.32. The van der Waals surface area contributed by atoms with Crippen LogP contribution in [-0.2, 0) is 32.6 Å². The lowest BCUT2D eigenvalue weighted by Gasteiger charge is -2.27. The largest absolute Gasteiger partial charge is 0.417 e. The molecule has 1 heterocycles. The number of sulfonamides is 2. The second-order valence-corrected chi connectivity index (χ2v) is 9.44. The Hall–Kier alpha value is -2.09. The summed E-state index contributed by atoms with van der Waals surface area (Å²) >= 11 is 0. The van der Waals surface area contributed by atoms with Gasteiger partial charge in [0, 0.05) is 5.69 Å². The Morgan fingerprint density at radius 1 is 1.11 bits per heavy atom. The van der Waals surface area contributed by atoms with Crippen molar-refractivity contribution in [3.8, 4) is 0 Å². The molecule has 0 fully saturated rings. The number of hydrogen-bond donors (Lipinski definition) is 3. The van der Waals surface area contributed by atoms with Crippen LogP contribution in [0.15, 0.2) is 52.3 Å². The minimum absolute atomic E-state index is 0.265. The highest BCUT2D eigenvalue weighted by Crippen LogP contribution is 2.39. The zero-order chi connectivity index (χ0) is 20.7. The van der Waals surface area contributed by atoms with Gasteiger partial charge in [0.15, 0.2) is 0 Å². The average Bonchev–Trinajstić information content (AvgIpc) is 2.58.